The minimum absolute atomic E-state index is 0.0469. The maximum atomic E-state index is 8.54. The van der Waals surface area contributed by atoms with Crippen LogP contribution in [0.25, 0.3) is 0 Å². The van der Waals surface area contributed by atoms with Crippen LogP contribution in [0, 0.1) is 17.2 Å². The number of nitriles is 1. The minimum atomic E-state index is -0.0469. The third-order valence-corrected chi connectivity index (χ3v) is 3.34. The highest BCUT2D eigenvalue weighted by atomic mass is 27.0. The number of hydrogen-bond acceptors (Lipinski definition) is 2. The Morgan fingerprint density at radius 3 is 2.75 bits per heavy atom. The second kappa shape index (κ2) is 1.74. The lowest BCUT2D eigenvalue weighted by Crippen LogP contribution is -1.94. The smallest absolute Gasteiger partial charge is 0.245 e. The van der Waals surface area contributed by atoms with Crippen LogP contribution >= 0.6 is 0 Å². The Kier molecular flexibility index (Phi) is 1.33. The molecule has 1 aliphatic carbocycles. The molecule has 0 saturated heterocycles. The summed E-state index contributed by atoms with van der Waals surface area (Å²) in [6.45, 7) is 0.205. The van der Waals surface area contributed by atoms with Gasteiger partial charge in [-0.3, -0.25) is 0 Å². The highest BCUT2D eigenvalue weighted by Gasteiger charge is 2.49. The monoisotopic (exact) mass is 125 g/mol. The van der Waals surface area contributed by atoms with Crippen molar-refractivity contribution in [3.05, 3.63) is 0 Å². The molecule has 2 atom stereocenters. The van der Waals surface area contributed by atoms with E-state index >= 15 is 0 Å². The highest BCUT2D eigenvalue weighted by Crippen LogP contribution is 2.55. The van der Waals surface area contributed by atoms with Crippen LogP contribution in [-0.4, -0.2) is 28.0 Å². The van der Waals surface area contributed by atoms with Crippen LogP contribution in [-0.2, 0) is 0 Å². The van der Waals surface area contributed by atoms with Gasteiger partial charge in [-0.2, -0.15) is 5.26 Å². The molecule has 3 heteroatoms. The van der Waals surface area contributed by atoms with E-state index in [9.17, 15) is 0 Å². The molecule has 8 heavy (non-hydrogen) atoms. The lowest BCUT2D eigenvalue weighted by atomic mass is 10.3. The molecule has 1 aliphatic rings. The maximum Gasteiger partial charge on any atom is 0.245 e. The normalized spacial score (nSPS) is 43.2. The van der Waals surface area contributed by atoms with Gasteiger partial charge in [0.1, 0.15) is 0 Å². The van der Waals surface area contributed by atoms with E-state index in [1.165, 1.54) is 0 Å². The van der Waals surface area contributed by atoms with Crippen molar-refractivity contribution < 1.29 is 5.11 Å². The summed E-state index contributed by atoms with van der Waals surface area (Å²) in [7, 11) is 0. The molecule has 0 aromatic heterocycles. The lowest BCUT2D eigenvalue weighted by Gasteiger charge is -1.91. The molecule has 0 amide bonds. The van der Waals surface area contributed by atoms with E-state index in [0.717, 1.165) is 22.7 Å². The van der Waals surface area contributed by atoms with Crippen LogP contribution in [0.3, 0.4) is 0 Å². The van der Waals surface area contributed by atoms with Crippen LogP contribution in [0.1, 0.15) is 6.42 Å². The molecule has 1 fully saturated rings. The molecule has 0 bridgehead atoms. The second-order valence-corrected chi connectivity index (χ2v) is 4.40. The zero-order chi connectivity index (χ0) is 6.20. The Morgan fingerprint density at radius 1 is 2.00 bits per heavy atom. The third kappa shape index (κ3) is 0.760. The fraction of sp³-hybridized carbons (Fsp3) is 0.800. The minimum Gasteiger partial charge on any atom is -0.396 e. The van der Waals surface area contributed by atoms with Crippen molar-refractivity contribution in [2.45, 2.75) is 10.7 Å². The van der Waals surface area contributed by atoms with Crippen molar-refractivity contribution in [1.29, 1.82) is 5.26 Å². The summed E-state index contributed by atoms with van der Waals surface area (Å²) in [6, 6.07) is 2.22. The molecular weight excluding hydrogens is 117 g/mol. The summed E-state index contributed by atoms with van der Waals surface area (Å²) in [5.41, 5.74) is 0. The molecule has 1 N–H and O–H groups in total. The quantitative estimate of drug-likeness (QED) is 0.471. The molecule has 1 rings (SSSR count). The lowest BCUT2D eigenvalue weighted by molar-refractivity contribution is 0.274. The van der Waals surface area contributed by atoms with Crippen LogP contribution in [0.2, 0.25) is 4.28 Å². The van der Waals surface area contributed by atoms with E-state index in [0.29, 0.717) is 5.92 Å². The summed E-state index contributed by atoms with van der Waals surface area (Å²) in [4.78, 5) is 0. The van der Waals surface area contributed by atoms with Crippen molar-refractivity contribution in [2.75, 3.05) is 6.61 Å². The van der Waals surface area contributed by atoms with Gasteiger partial charge in [-0.05, 0) is 12.3 Å². The Balaban J connectivity index is 2.46. The SMILES string of the molecule is N#C[C]1([AlH2])CC1CO. The van der Waals surface area contributed by atoms with Gasteiger partial charge < -0.3 is 5.11 Å². The first-order chi connectivity index (χ1) is 3.73. The highest BCUT2D eigenvalue weighted by molar-refractivity contribution is 6.19. The van der Waals surface area contributed by atoms with Crippen molar-refractivity contribution in [2.24, 2.45) is 5.92 Å². The third-order valence-electron chi connectivity index (χ3n) is 1.89. The Hall–Kier alpha value is -0.0175. The van der Waals surface area contributed by atoms with Gasteiger partial charge in [0, 0.05) is 10.9 Å². The largest absolute Gasteiger partial charge is 0.396 e. The van der Waals surface area contributed by atoms with Crippen LogP contribution in [0.15, 0.2) is 0 Å². The van der Waals surface area contributed by atoms with E-state index in [2.05, 4.69) is 6.07 Å². The standard InChI is InChI=1S/C5H6NO.Al.2H/c6-2-4-1-5(4)3-7;;;/h5,7H,1,3H2;;;. The van der Waals surface area contributed by atoms with Crippen molar-refractivity contribution in [3.63, 3.8) is 0 Å². The van der Waals surface area contributed by atoms with E-state index < -0.39 is 0 Å². The van der Waals surface area contributed by atoms with Crippen molar-refractivity contribution >= 4 is 16.3 Å². The molecular formula is C5H8AlNO. The molecule has 0 heterocycles. The number of nitrogens with zero attached hydrogens (tertiary/aromatic N) is 1. The van der Waals surface area contributed by atoms with Gasteiger partial charge >= 0.3 is 0 Å². The van der Waals surface area contributed by atoms with Gasteiger partial charge in [0.05, 0.1) is 6.07 Å². The van der Waals surface area contributed by atoms with Crippen molar-refractivity contribution in [3.8, 4) is 6.07 Å². The molecule has 1 saturated carbocycles. The average Bonchev–Trinajstić information content (AvgIpc) is 2.44. The molecule has 2 nitrogen and oxygen atoms in total. The maximum absolute atomic E-state index is 8.54. The van der Waals surface area contributed by atoms with Gasteiger partial charge in [-0.15, -0.1) is 0 Å². The van der Waals surface area contributed by atoms with Crippen LogP contribution in [0.4, 0.5) is 0 Å². The van der Waals surface area contributed by atoms with Crippen LogP contribution in [0.5, 0.6) is 0 Å². The topological polar surface area (TPSA) is 44.0 Å². The summed E-state index contributed by atoms with van der Waals surface area (Å²) in [5, 5.41) is 17.0. The van der Waals surface area contributed by atoms with Gasteiger partial charge in [0.15, 0.2) is 0 Å². The van der Waals surface area contributed by atoms with Gasteiger partial charge in [-0.1, -0.05) is 0 Å². The first-order valence-electron chi connectivity index (χ1n) is 2.75. The summed E-state index contributed by atoms with van der Waals surface area (Å²) >= 11 is 0.912. The summed E-state index contributed by atoms with van der Waals surface area (Å²) in [6.07, 6.45) is 0.937. The van der Waals surface area contributed by atoms with E-state index in [1.54, 1.807) is 0 Å². The Morgan fingerprint density at radius 2 is 2.62 bits per heavy atom. The number of aliphatic hydroxyl groups is 1. The first-order valence-corrected chi connectivity index (χ1v) is 3.75. The zero-order valence-corrected chi connectivity index (χ0v) is 6.89. The molecule has 42 valence electrons. The van der Waals surface area contributed by atoms with Crippen LogP contribution < -0.4 is 0 Å². The fourth-order valence-electron chi connectivity index (χ4n) is 0.856. The van der Waals surface area contributed by atoms with Gasteiger partial charge in [0.25, 0.3) is 0 Å². The second-order valence-electron chi connectivity index (χ2n) is 2.61. The molecule has 0 aromatic carbocycles. The summed E-state index contributed by atoms with van der Waals surface area (Å²) in [5.74, 6) is 0.319. The molecule has 0 aliphatic heterocycles. The van der Waals surface area contributed by atoms with Gasteiger partial charge in [0.2, 0.25) is 16.3 Å². The number of rotatable bonds is 1. The predicted molar refractivity (Wildman–Crippen MR) is 32.0 cm³/mol. The summed E-state index contributed by atoms with van der Waals surface area (Å²) < 4.78 is -0.0469. The zero-order valence-electron chi connectivity index (χ0n) is 4.89. The Bertz CT molecular complexity index is 142. The van der Waals surface area contributed by atoms with Gasteiger partial charge in [-0.25, -0.2) is 0 Å². The number of hydrogen-bond donors (Lipinski definition) is 1. The Labute approximate surface area is 56.5 Å². The fourth-order valence-corrected chi connectivity index (χ4v) is 1.53. The first kappa shape index (κ1) is 6.11. The predicted octanol–water partition coefficient (Wildman–Crippen LogP) is -0.686. The molecule has 0 spiro atoms. The average molecular weight is 125 g/mol. The molecule has 0 radical (unpaired) electrons. The van der Waals surface area contributed by atoms with E-state index in [1.807, 2.05) is 0 Å². The number of aliphatic hydroxyl groups excluding tert-OH is 1. The van der Waals surface area contributed by atoms with E-state index in [4.69, 9.17) is 10.4 Å². The van der Waals surface area contributed by atoms with Crippen molar-refractivity contribution in [1.82, 2.24) is 0 Å². The molecule has 0 aromatic rings. The molecule has 2 unspecified atom stereocenters. The van der Waals surface area contributed by atoms with E-state index in [-0.39, 0.29) is 10.9 Å².